The van der Waals surface area contributed by atoms with E-state index in [9.17, 15) is 34.5 Å². The van der Waals surface area contributed by atoms with Crippen LogP contribution in [0.4, 0.5) is 0 Å². The zero-order chi connectivity index (χ0) is 58.9. The Morgan fingerprint density at radius 2 is 0.802 bits per heavy atom. The quantitative estimate of drug-likeness (QED) is 0.0228. The van der Waals surface area contributed by atoms with Gasteiger partial charge in [-0.05, 0) is 128 Å². The van der Waals surface area contributed by atoms with E-state index in [1.54, 1.807) is 0 Å². The summed E-state index contributed by atoms with van der Waals surface area (Å²) >= 11 is 0. The highest BCUT2D eigenvalue weighted by molar-refractivity contribution is 5.74. The molecule has 0 amide bonds. The molecule has 1 rings (SSSR count). The predicted octanol–water partition coefficient (Wildman–Crippen LogP) is 16.3. The first-order chi connectivity index (χ1) is 39.6. The molecule has 0 bridgehead atoms. The molecular formula is C69H106O12. The van der Waals surface area contributed by atoms with Gasteiger partial charge in [0.05, 0.1) is 6.61 Å². The molecule has 6 atom stereocenters. The van der Waals surface area contributed by atoms with E-state index in [0.29, 0.717) is 25.7 Å². The second-order valence-electron chi connectivity index (χ2n) is 20.2. The standard InChI is InChI=1S/C69H106O12/c1-4-7-10-13-16-19-22-25-27-29-31-33-35-38-40-43-46-49-52-55-61(70)77-58-60(79-62(71)56-53-50-47-44-42-39-36-34-32-30-28-26-23-20-17-14-11-8-5-2)59-78-69-67(65(74)64(73)66(81-69)68(75)76)80-63(72)57-54-51-48-45-41-37-24-21-18-15-12-9-6-3/h7,9-10,12,16-21,25-28,31-34,37-38,40-41,46,49,60,64-67,69,73-74H,4-6,8,11,13-15,22-24,29-30,35-36,39,42-45,47-48,50-59H2,1-3H3,(H,75,76)/b10-7-,12-9-,19-16-,20-17-,21-18-,27-25-,28-26-,33-31-,34-32-,40-38-,41-37-,49-46-. The van der Waals surface area contributed by atoms with Gasteiger partial charge >= 0.3 is 23.9 Å². The summed E-state index contributed by atoms with van der Waals surface area (Å²) in [5, 5.41) is 31.5. The lowest BCUT2D eigenvalue weighted by atomic mass is 9.98. The van der Waals surface area contributed by atoms with Crippen LogP contribution in [0.3, 0.4) is 0 Å². The smallest absolute Gasteiger partial charge is 0.335 e. The van der Waals surface area contributed by atoms with Crippen LogP contribution in [0, 0.1) is 0 Å². The van der Waals surface area contributed by atoms with Gasteiger partial charge in [0.25, 0.3) is 0 Å². The number of rotatable bonds is 50. The summed E-state index contributed by atoms with van der Waals surface area (Å²) in [6.45, 7) is 5.63. The van der Waals surface area contributed by atoms with E-state index in [4.69, 9.17) is 23.7 Å². The zero-order valence-corrected chi connectivity index (χ0v) is 50.0. The summed E-state index contributed by atoms with van der Waals surface area (Å²) in [6.07, 6.45) is 66.8. The molecule has 1 aliphatic heterocycles. The van der Waals surface area contributed by atoms with Crippen molar-refractivity contribution in [2.75, 3.05) is 13.2 Å². The lowest BCUT2D eigenvalue weighted by Gasteiger charge is -2.40. The van der Waals surface area contributed by atoms with Gasteiger partial charge in [0.15, 0.2) is 24.6 Å². The molecular weight excluding hydrogens is 1020 g/mol. The fourth-order valence-corrected chi connectivity index (χ4v) is 8.24. The Labute approximate surface area is 489 Å². The number of carbonyl (C=O) groups is 4. The van der Waals surface area contributed by atoms with Gasteiger partial charge in [-0.15, -0.1) is 0 Å². The van der Waals surface area contributed by atoms with Gasteiger partial charge in [-0.3, -0.25) is 14.4 Å². The van der Waals surface area contributed by atoms with E-state index in [-0.39, 0.29) is 25.9 Å². The molecule has 1 fully saturated rings. The van der Waals surface area contributed by atoms with Crippen molar-refractivity contribution in [3.63, 3.8) is 0 Å². The third kappa shape index (κ3) is 44.9. The number of aliphatic hydroxyl groups excluding tert-OH is 2. The van der Waals surface area contributed by atoms with Crippen molar-refractivity contribution < 1.29 is 58.2 Å². The van der Waals surface area contributed by atoms with Crippen molar-refractivity contribution in [3.8, 4) is 0 Å². The van der Waals surface area contributed by atoms with Crippen LogP contribution in [-0.2, 0) is 42.9 Å². The second kappa shape index (κ2) is 55.2. The van der Waals surface area contributed by atoms with Crippen LogP contribution in [-0.4, -0.2) is 89.2 Å². The van der Waals surface area contributed by atoms with Crippen molar-refractivity contribution in [2.24, 2.45) is 0 Å². The molecule has 1 aliphatic rings. The number of carboxylic acid groups (broad SMARTS) is 1. The van der Waals surface area contributed by atoms with Gasteiger partial charge in [0.1, 0.15) is 18.8 Å². The Balaban J connectivity index is 2.76. The summed E-state index contributed by atoms with van der Waals surface area (Å²) < 4.78 is 28.3. The second-order valence-corrected chi connectivity index (χ2v) is 20.2. The molecule has 0 radical (unpaired) electrons. The number of unbranched alkanes of at least 4 members (excludes halogenated alkanes) is 12. The largest absolute Gasteiger partial charge is 0.479 e. The lowest BCUT2D eigenvalue weighted by molar-refractivity contribution is -0.301. The average molecular weight is 1130 g/mol. The van der Waals surface area contributed by atoms with Crippen molar-refractivity contribution in [1.29, 1.82) is 0 Å². The Bertz CT molecular complexity index is 1960. The van der Waals surface area contributed by atoms with Gasteiger partial charge < -0.3 is 39.0 Å². The third-order valence-electron chi connectivity index (χ3n) is 12.9. The first-order valence-electron chi connectivity index (χ1n) is 30.8. The first-order valence-corrected chi connectivity index (χ1v) is 30.8. The van der Waals surface area contributed by atoms with Crippen molar-refractivity contribution in [2.45, 2.75) is 250 Å². The molecule has 0 aromatic rings. The maximum atomic E-state index is 13.2. The van der Waals surface area contributed by atoms with E-state index < -0.39 is 67.3 Å². The van der Waals surface area contributed by atoms with Gasteiger partial charge in [0.2, 0.25) is 0 Å². The number of hydrogen-bond acceptors (Lipinski definition) is 11. The van der Waals surface area contributed by atoms with Crippen LogP contribution in [0.15, 0.2) is 146 Å². The highest BCUT2D eigenvalue weighted by atomic mass is 16.7. The number of ether oxygens (including phenoxy) is 5. The summed E-state index contributed by atoms with van der Waals surface area (Å²) in [5.41, 5.74) is 0. The summed E-state index contributed by atoms with van der Waals surface area (Å²) in [5.74, 6) is -3.31. The van der Waals surface area contributed by atoms with E-state index in [0.717, 1.165) is 128 Å². The van der Waals surface area contributed by atoms with Crippen LogP contribution in [0.5, 0.6) is 0 Å². The van der Waals surface area contributed by atoms with Crippen molar-refractivity contribution in [3.05, 3.63) is 146 Å². The maximum Gasteiger partial charge on any atom is 0.335 e. The Hall–Kier alpha value is -5.40. The van der Waals surface area contributed by atoms with E-state index in [1.165, 1.54) is 19.3 Å². The van der Waals surface area contributed by atoms with Gasteiger partial charge in [-0.1, -0.05) is 212 Å². The number of carbonyl (C=O) groups excluding carboxylic acids is 3. The fourth-order valence-electron chi connectivity index (χ4n) is 8.24. The molecule has 0 aromatic heterocycles. The molecule has 454 valence electrons. The third-order valence-corrected chi connectivity index (χ3v) is 12.9. The maximum absolute atomic E-state index is 13.2. The number of aliphatic carboxylic acids is 1. The van der Waals surface area contributed by atoms with E-state index >= 15 is 0 Å². The van der Waals surface area contributed by atoms with Crippen LogP contribution in [0.25, 0.3) is 0 Å². The molecule has 6 unspecified atom stereocenters. The lowest BCUT2D eigenvalue weighted by Crippen LogP contribution is -2.61. The number of carboxylic acids is 1. The summed E-state index contributed by atoms with van der Waals surface area (Å²) in [4.78, 5) is 51.2. The van der Waals surface area contributed by atoms with Crippen LogP contribution >= 0.6 is 0 Å². The number of aliphatic hydroxyl groups is 2. The summed E-state index contributed by atoms with van der Waals surface area (Å²) in [6, 6.07) is 0. The van der Waals surface area contributed by atoms with Crippen molar-refractivity contribution in [1.82, 2.24) is 0 Å². The zero-order valence-electron chi connectivity index (χ0n) is 50.0. The molecule has 81 heavy (non-hydrogen) atoms. The minimum Gasteiger partial charge on any atom is -0.479 e. The highest BCUT2D eigenvalue weighted by Gasteiger charge is 2.50. The van der Waals surface area contributed by atoms with Gasteiger partial charge in [0, 0.05) is 19.3 Å². The molecule has 0 aromatic carbocycles. The molecule has 0 saturated carbocycles. The minimum atomic E-state index is -1.93. The normalized spacial score (nSPS) is 18.8. The van der Waals surface area contributed by atoms with Crippen molar-refractivity contribution >= 4 is 23.9 Å². The first kappa shape index (κ1) is 73.6. The molecule has 1 heterocycles. The monoisotopic (exact) mass is 1130 g/mol. The molecule has 12 nitrogen and oxygen atoms in total. The molecule has 0 aliphatic carbocycles. The highest BCUT2D eigenvalue weighted by Crippen LogP contribution is 2.26. The van der Waals surface area contributed by atoms with E-state index in [1.807, 2.05) is 12.2 Å². The number of hydrogen-bond donors (Lipinski definition) is 3. The molecule has 1 saturated heterocycles. The topological polar surface area (TPSA) is 175 Å². The number of esters is 3. The molecule has 12 heteroatoms. The van der Waals surface area contributed by atoms with Gasteiger partial charge in [-0.2, -0.15) is 0 Å². The van der Waals surface area contributed by atoms with E-state index in [2.05, 4.69) is 154 Å². The fraction of sp³-hybridized carbons (Fsp3) is 0.594. The SMILES string of the molecule is CC/C=C\C/C=C\C/C=C\C/C=C\C/C=C\C/C=C\CCC(=O)OCC(COC1OC(C(=O)O)C(O)C(O)C1OC(=O)CCCCC/C=C\C/C=C\C/C=C\CC)OC(=O)CCCCCCCC/C=C\C/C=C\C/C=C\CCCCC. The average Bonchev–Trinajstić information content (AvgIpc) is 3.46. The predicted molar refractivity (Wildman–Crippen MR) is 330 cm³/mol. The minimum absolute atomic E-state index is 0.00809. The number of allylic oxidation sites excluding steroid dienone is 24. The van der Waals surface area contributed by atoms with Gasteiger partial charge in [-0.25, -0.2) is 4.79 Å². The van der Waals surface area contributed by atoms with Crippen LogP contribution in [0.2, 0.25) is 0 Å². The van der Waals surface area contributed by atoms with Crippen LogP contribution in [0.1, 0.15) is 213 Å². The summed E-state index contributed by atoms with van der Waals surface area (Å²) in [7, 11) is 0. The Morgan fingerprint density at radius 3 is 1.25 bits per heavy atom. The Kier molecular flexibility index (Phi) is 50.1. The Morgan fingerprint density at radius 1 is 0.420 bits per heavy atom. The molecule has 3 N–H and O–H groups in total. The van der Waals surface area contributed by atoms with Crippen LogP contribution < -0.4 is 0 Å². The molecule has 0 spiro atoms.